The predicted octanol–water partition coefficient (Wildman–Crippen LogP) is 1.87. The number of carbonyl (C=O) groups excluding carboxylic acids is 1. The fraction of sp³-hybridized carbons (Fsp3) is 0.462. The van der Waals surface area contributed by atoms with Gasteiger partial charge >= 0.3 is 0 Å². The molecule has 1 aromatic rings. The van der Waals surface area contributed by atoms with Gasteiger partial charge in [-0.15, -0.1) is 0 Å². The summed E-state index contributed by atoms with van der Waals surface area (Å²) in [5.74, 6) is 1.21. The van der Waals surface area contributed by atoms with Gasteiger partial charge in [-0.1, -0.05) is 0 Å². The number of fused-ring (bicyclic) bond motifs is 1. The van der Waals surface area contributed by atoms with Gasteiger partial charge in [0.15, 0.2) is 11.5 Å². The number of likely N-dealkylation sites (N-methyl/N-ethyl adjacent to an activating group) is 1. The molecular weight excluding hydrogens is 232 g/mol. The normalized spacial score (nSPS) is 16.9. The SMILES string of the molecule is COc1cc2c(cc1OC)N(C)C(C)(C)C(=O)N2. The first-order chi connectivity index (χ1) is 8.41. The van der Waals surface area contributed by atoms with E-state index in [1.54, 1.807) is 20.3 Å². The summed E-state index contributed by atoms with van der Waals surface area (Å²) in [4.78, 5) is 14.0. The highest BCUT2D eigenvalue weighted by atomic mass is 16.5. The molecule has 5 nitrogen and oxygen atoms in total. The minimum atomic E-state index is -0.591. The van der Waals surface area contributed by atoms with E-state index < -0.39 is 5.54 Å². The molecule has 1 heterocycles. The molecule has 0 unspecified atom stereocenters. The van der Waals surface area contributed by atoms with E-state index in [0.717, 1.165) is 11.4 Å². The number of methoxy groups -OCH3 is 2. The summed E-state index contributed by atoms with van der Waals surface area (Å²) >= 11 is 0. The van der Waals surface area contributed by atoms with Gasteiger partial charge in [0.05, 0.1) is 25.6 Å². The molecule has 0 fully saturated rings. The second kappa shape index (κ2) is 4.08. The van der Waals surface area contributed by atoms with Crippen LogP contribution in [-0.2, 0) is 4.79 Å². The van der Waals surface area contributed by atoms with Crippen molar-refractivity contribution in [2.45, 2.75) is 19.4 Å². The van der Waals surface area contributed by atoms with Crippen LogP contribution in [0.5, 0.6) is 11.5 Å². The van der Waals surface area contributed by atoms with Gasteiger partial charge in [-0.05, 0) is 13.8 Å². The minimum absolute atomic E-state index is 0.0373. The zero-order valence-electron chi connectivity index (χ0n) is 11.3. The minimum Gasteiger partial charge on any atom is -0.493 e. The van der Waals surface area contributed by atoms with Gasteiger partial charge in [-0.3, -0.25) is 4.79 Å². The van der Waals surface area contributed by atoms with E-state index in [4.69, 9.17) is 9.47 Å². The van der Waals surface area contributed by atoms with E-state index in [1.165, 1.54) is 0 Å². The lowest BCUT2D eigenvalue weighted by atomic mass is 9.97. The van der Waals surface area contributed by atoms with Crippen molar-refractivity contribution in [2.24, 2.45) is 0 Å². The van der Waals surface area contributed by atoms with Crippen LogP contribution in [0, 0.1) is 0 Å². The monoisotopic (exact) mass is 250 g/mol. The molecule has 18 heavy (non-hydrogen) atoms. The third kappa shape index (κ3) is 1.66. The Hall–Kier alpha value is -1.91. The Morgan fingerprint density at radius 3 is 2.28 bits per heavy atom. The zero-order valence-corrected chi connectivity index (χ0v) is 11.3. The van der Waals surface area contributed by atoms with Gasteiger partial charge in [0.25, 0.3) is 0 Å². The molecule has 0 atom stereocenters. The number of nitrogens with zero attached hydrogens (tertiary/aromatic N) is 1. The van der Waals surface area contributed by atoms with Crippen molar-refractivity contribution in [3.63, 3.8) is 0 Å². The highest BCUT2D eigenvalue weighted by Crippen LogP contribution is 2.42. The number of nitrogens with one attached hydrogen (secondary N) is 1. The third-order valence-electron chi connectivity index (χ3n) is 3.51. The van der Waals surface area contributed by atoms with Crippen molar-refractivity contribution in [1.82, 2.24) is 0 Å². The van der Waals surface area contributed by atoms with E-state index >= 15 is 0 Å². The van der Waals surface area contributed by atoms with Crippen LogP contribution in [0.25, 0.3) is 0 Å². The van der Waals surface area contributed by atoms with Crippen molar-refractivity contribution >= 4 is 17.3 Å². The highest BCUT2D eigenvalue weighted by molar-refractivity contribution is 6.06. The smallest absolute Gasteiger partial charge is 0.249 e. The lowest BCUT2D eigenvalue weighted by Gasteiger charge is -2.41. The number of carbonyl (C=O) groups is 1. The maximum Gasteiger partial charge on any atom is 0.249 e. The maximum atomic E-state index is 12.0. The van der Waals surface area contributed by atoms with Crippen molar-refractivity contribution in [1.29, 1.82) is 0 Å². The largest absolute Gasteiger partial charge is 0.493 e. The second-order valence-corrected chi connectivity index (χ2v) is 4.80. The number of amides is 1. The molecule has 0 spiro atoms. The first-order valence-electron chi connectivity index (χ1n) is 5.73. The maximum absolute atomic E-state index is 12.0. The van der Waals surface area contributed by atoms with Gasteiger partial charge in [-0.25, -0.2) is 0 Å². The van der Waals surface area contributed by atoms with Crippen molar-refractivity contribution in [2.75, 3.05) is 31.5 Å². The third-order valence-corrected chi connectivity index (χ3v) is 3.51. The summed E-state index contributed by atoms with van der Waals surface area (Å²) in [6.45, 7) is 3.75. The van der Waals surface area contributed by atoms with Crippen LogP contribution in [0.3, 0.4) is 0 Å². The van der Waals surface area contributed by atoms with Crippen molar-refractivity contribution in [3.05, 3.63) is 12.1 Å². The van der Waals surface area contributed by atoms with E-state index in [1.807, 2.05) is 31.9 Å². The molecule has 1 aromatic carbocycles. The van der Waals surface area contributed by atoms with E-state index in [9.17, 15) is 4.79 Å². The molecule has 5 heteroatoms. The van der Waals surface area contributed by atoms with Crippen molar-refractivity contribution < 1.29 is 14.3 Å². The standard InChI is InChI=1S/C13H18N2O3/c1-13(2)12(16)14-8-6-10(17-4)11(18-5)7-9(8)15(13)3/h6-7H,1-5H3,(H,14,16). The van der Waals surface area contributed by atoms with E-state index in [0.29, 0.717) is 11.5 Å². The summed E-state index contributed by atoms with van der Waals surface area (Å²) in [5, 5.41) is 2.89. The number of anilines is 2. The zero-order chi connectivity index (χ0) is 13.5. The molecule has 1 aliphatic rings. The van der Waals surface area contributed by atoms with Crippen LogP contribution in [0.2, 0.25) is 0 Å². The van der Waals surface area contributed by atoms with Crippen LogP contribution in [0.4, 0.5) is 11.4 Å². The Kier molecular flexibility index (Phi) is 2.84. The fourth-order valence-corrected chi connectivity index (χ4v) is 1.97. The summed E-state index contributed by atoms with van der Waals surface area (Å²) in [7, 11) is 5.06. The molecule has 1 aliphatic heterocycles. The quantitative estimate of drug-likeness (QED) is 0.870. The van der Waals surface area contributed by atoms with Crippen molar-refractivity contribution in [3.8, 4) is 11.5 Å². The number of rotatable bonds is 2. The predicted molar refractivity (Wildman–Crippen MR) is 70.7 cm³/mol. The number of hydrogen-bond donors (Lipinski definition) is 1. The summed E-state index contributed by atoms with van der Waals surface area (Å²) in [5.41, 5.74) is 1.06. The first-order valence-corrected chi connectivity index (χ1v) is 5.73. The fourth-order valence-electron chi connectivity index (χ4n) is 1.97. The summed E-state index contributed by atoms with van der Waals surface area (Å²) in [6.07, 6.45) is 0. The molecule has 0 radical (unpaired) electrons. The van der Waals surface area contributed by atoms with Crippen LogP contribution in [-0.4, -0.2) is 32.7 Å². The molecule has 1 N–H and O–H groups in total. The molecule has 0 aromatic heterocycles. The Morgan fingerprint density at radius 1 is 1.17 bits per heavy atom. The Bertz CT molecular complexity index is 497. The van der Waals surface area contributed by atoms with Crippen LogP contribution < -0.4 is 19.7 Å². The Balaban J connectivity index is 2.58. The molecule has 0 saturated heterocycles. The molecule has 0 bridgehead atoms. The van der Waals surface area contributed by atoms with Gasteiger partial charge < -0.3 is 19.7 Å². The summed E-state index contributed by atoms with van der Waals surface area (Å²) in [6, 6.07) is 3.65. The number of hydrogen-bond acceptors (Lipinski definition) is 4. The molecule has 1 amide bonds. The first kappa shape index (κ1) is 12.5. The van der Waals surface area contributed by atoms with Gasteiger partial charge in [0.2, 0.25) is 5.91 Å². The molecule has 0 saturated carbocycles. The average Bonchev–Trinajstić information content (AvgIpc) is 2.35. The molecule has 0 aliphatic carbocycles. The number of ether oxygens (including phenoxy) is 2. The topological polar surface area (TPSA) is 50.8 Å². The van der Waals surface area contributed by atoms with Crippen LogP contribution in [0.15, 0.2) is 12.1 Å². The number of benzene rings is 1. The molecular formula is C13H18N2O3. The molecule has 98 valence electrons. The average molecular weight is 250 g/mol. The molecule has 2 rings (SSSR count). The van der Waals surface area contributed by atoms with Gasteiger partial charge in [0, 0.05) is 19.2 Å². The van der Waals surface area contributed by atoms with Crippen LogP contribution >= 0.6 is 0 Å². The van der Waals surface area contributed by atoms with Gasteiger partial charge in [-0.2, -0.15) is 0 Å². The summed E-state index contributed by atoms with van der Waals surface area (Å²) < 4.78 is 10.5. The van der Waals surface area contributed by atoms with E-state index in [2.05, 4.69) is 5.32 Å². The lowest BCUT2D eigenvalue weighted by molar-refractivity contribution is -0.120. The van der Waals surface area contributed by atoms with E-state index in [-0.39, 0.29) is 5.91 Å². The van der Waals surface area contributed by atoms with Gasteiger partial charge in [0.1, 0.15) is 5.54 Å². The van der Waals surface area contributed by atoms with Crippen LogP contribution in [0.1, 0.15) is 13.8 Å². The lowest BCUT2D eigenvalue weighted by Crippen LogP contribution is -2.54. The Morgan fingerprint density at radius 2 is 1.72 bits per heavy atom. The highest BCUT2D eigenvalue weighted by Gasteiger charge is 2.38. The second-order valence-electron chi connectivity index (χ2n) is 4.80. The Labute approximate surface area is 107 Å².